The first-order valence-electron chi connectivity index (χ1n) is 5.10. The standard InChI is InChI=1S/C9H11N5O2Se/c10-8-7-9(12-3-11-8)14(4-13-7)5-2-17-6(1-15)16-5/h3-6,15H,1-2H2,(H2,10,11,12)/t5-,6-/m0/s1. The quantitative estimate of drug-likeness (QED) is 0.717. The molecule has 1 fully saturated rings. The average molecular weight is 300 g/mol. The van der Waals surface area contributed by atoms with Gasteiger partial charge in [0.15, 0.2) is 0 Å². The number of hydrogen-bond acceptors (Lipinski definition) is 6. The molecule has 1 aliphatic heterocycles. The molecule has 90 valence electrons. The summed E-state index contributed by atoms with van der Waals surface area (Å²) in [7, 11) is 0. The molecule has 3 heterocycles. The number of anilines is 1. The molecule has 2 atom stereocenters. The van der Waals surface area contributed by atoms with Gasteiger partial charge in [-0.15, -0.1) is 0 Å². The van der Waals surface area contributed by atoms with Crippen LogP contribution in [0.2, 0.25) is 5.32 Å². The summed E-state index contributed by atoms with van der Waals surface area (Å²) in [6, 6.07) is 0. The van der Waals surface area contributed by atoms with Crippen LogP contribution < -0.4 is 5.73 Å². The molecule has 2 aromatic rings. The van der Waals surface area contributed by atoms with Gasteiger partial charge in [-0.05, 0) is 0 Å². The van der Waals surface area contributed by atoms with Crippen molar-refractivity contribution in [1.82, 2.24) is 19.5 Å². The van der Waals surface area contributed by atoms with Crippen molar-refractivity contribution in [3.63, 3.8) is 0 Å². The van der Waals surface area contributed by atoms with E-state index in [9.17, 15) is 0 Å². The van der Waals surface area contributed by atoms with E-state index in [0.717, 1.165) is 5.32 Å². The predicted molar refractivity (Wildman–Crippen MR) is 61.3 cm³/mol. The van der Waals surface area contributed by atoms with Crippen molar-refractivity contribution in [1.29, 1.82) is 0 Å². The summed E-state index contributed by atoms with van der Waals surface area (Å²) in [4.78, 5) is 12.3. The first-order chi connectivity index (χ1) is 8.29. The predicted octanol–water partition coefficient (Wildman–Crippen LogP) is -0.622. The maximum absolute atomic E-state index is 9.06. The molecule has 1 saturated heterocycles. The molecule has 0 radical (unpaired) electrons. The van der Waals surface area contributed by atoms with Gasteiger partial charge in [0, 0.05) is 0 Å². The van der Waals surface area contributed by atoms with E-state index in [1.165, 1.54) is 6.33 Å². The van der Waals surface area contributed by atoms with Gasteiger partial charge in [0.25, 0.3) is 0 Å². The van der Waals surface area contributed by atoms with Crippen LogP contribution >= 0.6 is 0 Å². The second-order valence-electron chi connectivity index (χ2n) is 3.62. The molecule has 0 aliphatic carbocycles. The van der Waals surface area contributed by atoms with Crippen molar-refractivity contribution in [2.45, 2.75) is 16.5 Å². The number of rotatable bonds is 2. The number of imidazole rings is 1. The SMILES string of the molecule is Nc1ncnc2c1ncn2[C@@H]1C[Se][C@@H](CO)O1. The van der Waals surface area contributed by atoms with Gasteiger partial charge in [-0.2, -0.15) is 0 Å². The monoisotopic (exact) mass is 301 g/mol. The van der Waals surface area contributed by atoms with Crippen LogP contribution in [-0.2, 0) is 4.74 Å². The maximum atomic E-state index is 9.06. The molecular formula is C9H11N5O2Se. The van der Waals surface area contributed by atoms with E-state index in [1.807, 2.05) is 4.57 Å². The molecule has 0 saturated carbocycles. The zero-order valence-electron chi connectivity index (χ0n) is 8.85. The van der Waals surface area contributed by atoms with Gasteiger partial charge in [0.2, 0.25) is 0 Å². The summed E-state index contributed by atoms with van der Waals surface area (Å²) in [5.41, 5.74) is 6.99. The zero-order chi connectivity index (χ0) is 11.8. The van der Waals surface area contributed by atoms with Crippen molar-refractivity contribution >= 4 is 31.9 Å². The second-order valence-corrected chi connectivity index (χ2v) is 6.12. The summed E-state index contributed by atoms with van der Waals surface area (Å²) in [6.07, 6.45) is 2.97. The molecule has 17 heavy (non-hydrogen) atoms. The van der Waals surface area contributed by atoms with Gasteiger partial charge in [0.05, 0.1) is 0 Å². The van der Waals surface area contributed by atoms with Crippen molar-refractivity contribution in [2.75, 3.05) is 12.3 Å². The Morgan fingerprint density at radius 2 is 2.41 bits per heavy atom. The summed E-state index contributed by atoms with van der Waals surface area (Å²) >= 11 is 0.286. The van der Waals surface area contributed by atoms with Gasteiger partial charge >= 0.3 is 103 Å². The van der Waals surface area contributed by atoms with Crippen LogP contribution in [0.5, 0.6) is 0 Å². The van der Waals surface area contributed by atoms with E-state index in [-0.39, 0.29) is 32.8 Å². The van der Waals surface area contributed by atoms with Gasteiger partial charge in [-0.3, -0.25) is 0 Å². The number of aromatic nitrogens is 4. The van der Waals surface area contributed by atoms with Gasteiger partial charge < -0.3 is 0 Å². The number of nitrogens with zero attached hydrogens (tertiary/aromatic N) is 4. The Kier molecular flexibility index (Phi) is 2.71. The van der Waals surface area contributed by atoms with Crippen LogP contribution in [0.4, 0.5) is 5.82 Å². The zero-order valence-corrected chi connectivity index (χ0v) is 10.6. The van der Waals surface area contributed by atoms with E-state index in [4.69, 9.17) is 15.6 Å². The van der Waals surface area contributed by atoms with E-state index >= 15 is 0 Å². The molecule has 7 nitrogen and oxygen atoms in total. The van der Waals surface area contributed by atoms with Gasteiger partial charge in [-0.1, -0.05) is 0 Å². The van der Waals surface area contributed by atoms with Crippen LogP contribution in [0, 0.1) is 0 Å². The summed E-state index contributed by atoms with van der Waals surface area (Å²) in [5.74, 6) is 0.371. The minimum absolute atomic E-state index is 0.0378. The topological polar surface area (TPSA) is 99.1 Å². The van der Waals surface area contributed by atoms with Gasteiger partial charge in [-0.25, -0.2) is 0 Å². The third-order valence-electron chi connectivity index (χ3n) is 2.58. The molecule has 3 rings (SSSR count). The van der Waals surface area contributed by atoms with Gasteiger partial charge in [0.1, 0.15) is 0 Å². The van der Waals surface area contributed by atoms with Crippen LogP contribution in [0.25, 0.3) is 11.2 Å². The van der Waals surface area contributed by atoms with Crippen molar-refractivity contribution in [3.05, 3.63) is 12.7 Å². The molecule has 0 aromatic carbocycles. The van der Waals surface area contributed by atoms with Crippen molar-refractivity contribution in [2.24, 2.45) is 0 Å². The fourth-order valence-electron chi connectivity index (χ4n) is 1.77. The molecule has 0 spiro atoms. The number of aliphatic hydroxyl groups excluding tert-OH is 1. The summed E-state index contributed by atoms with van der Waals surface area (Å²) in [6.45, 7) is 0.0697. The average Bonchev–Trinajstić information content (AvgIpc) is 2.94. The number of hydrogen-bond donors (Lipinski definition) is 2. The van der Waals surface area contributed by atoms with E-state index < -0.39 is 0 Å². The Morgan fingerprint density at radius 3 is 3.18 bits per heavy atom. The van der Waals surface area contributed by atoms with Crippen LogP contribution in [-0.4, -0.2) is 51.2 Å². The normalized spacial score (nSPS) is 24.5. The first kappa shape index (κ1) is 10.9. The van der Waals surface area contributed by atoms with Crippen LogP contribution in [0.1, 0.15) is 6.23 Å². The Hall–Kier alpha value is -1.21. The second kappa shape index (κ2) is 4.23. The summed E-state index contributed by atoms with van der Waals surface area (Å²) < 4.78 is 7.55. The molecule has 8 heteroatoms. The molecule has 2 aromatic heterocycles. The molecular weight excluding hydrogens is 289 g/mol. The first-order valence-corrected chi connectivity index (χ1v) is 7.30. The number of nitrogen functional groups attached to an aromatic ring is 1. The van der Waals surface area contributed by atoms with E-state index in [2.05, 4.69) is 15.0 Å². The Morgan fingerprint density at radius 1 is 1.53 bits per heavy atom. The number of fused-ring (bicyclic) bond motifs is 1. The molecule has 0 unspecified atom stereocenters. The van der Waals surface area contributed by atoms with Crippen molar-refractivity contribution in [3.8, 4) is 0 Å². The molecule has 0 bridgehead atoms. The molecule has 1 aliphatic rings. The van der Waals surface area contributed by atoms with Crippen LogP contribution in [0.15, 0.2) is 12.7 Å². The van der Waals surface area contributed by atoms with Crippen molar-refractivity contribution < 1.29 is 9.84 Å². The fraction of sp³-hybridized carbons (Fsp3) is 0.444. The minimum atomic E-state index is -0.105. The number of aliphatic hydroxyl groups is 1. The Labute approximate surface area is 103 Å². The molecule has 0 amide bonds. The third-order valence-corrected chi connectivity index (χ3v) is 4.91. The Balaban J connectivity index is 1.99. The number of ether oxygens (including phenoxy) is 1. The van der Waals surface area contributed by atoms with Crippen LogP contribution in [0.3, 0.4) is 0 Å². The fourth-order valence-corrected chi connectivity index (χ4v) is 3.72. The molecule has 3 N–H and O–H groups in total. The third kappa shape index (κ3) is 1.79. The van der Waals surface area contributed by atoms with E-state index in [0.29, 0.717) is 17.0 Å². The summed E-state index contributed by atoms with van der Waals surface area (Å²) in [5, 5.41) is 9.92. The Bertz CT molecular complexity index is 545. The van der Waals surface area contributed by atoms with E-state index in [1.54, 1.807) is 6.33 Å². The number of nitrogens with two attached hydrogens (primary N) is 1.